The Hall–Kier alpha value is -1.84. The van der Waals surface area contributed by atoms with E-state index in [0.29, 0.717) is 19.3 Å². The minimum absolute atomic E-state index is 0.266. The van der Waals surface area contributed by atoms with Crippen molar-refractivity contribution in [3.63, 3.8) is 0 Å². The number of fused-ring (bicyclic) bond motifs is 1. The summed E-state index contributed by atoms with van der Waals surface area (Å²) in [5.41, 5.74) is 1.04. The molecule has 108 valence electrons. The van der Waals surface area contributed by atoms with Gasteiger partial charge >= 0.3 is 11.9 Å². The van der Waals surface area contributed by atoms with Crippen LogP contribution in [0.4, 0.5) is 0 Å². The van der Waals surface area contributed by atoms with E-state index in [0.717, 1.165) is 5.56 Å². The summed E-state index contributed by atoms with van der Waals surface area (Å²) in [6.07, 6.45) is 1.50. The third kappa shape index (κ3) is 2.55. The molecule has 0 amide bonds. The van der Waals surface area contributed by atoms with Crippen LogP contribution in [0.15, 0.2) is 24.3 Å². The molecule has 20 heavy (non-hydrogen) atoms. The van der Waals surface area contributed by atoms with Gasteiger partial charge in [0.25, 0.3) is 0 Å². The molecule has 4 heteroatoms. The molecule has 0 heterocycles. The van der Waals surface area contributed by atoms with Crippen LogP contribution in [0.25, 0.3) is 0 Å². The Bertz CT molecular complexity index is 489. The molecule has 0 aliphatic heterocycles. The van der Waals surface area contributed by atoms with E-state index in [1.54, 1.807) is 13.8 Å². The van der Waals surface area contributed by atoms with Crippen molar-refractivity contribution in [3.8, 4) is 0 Å². The monoisotopic (exact) mass is 276 g/mol. The highest BCUT2D eigenvalue weighted by atomic mass is 16.6. The van der Waals surface area contributed by atoms with Gasteiger partial charge in [0.1, 0.15) is 0 Å². The highest BCUT2D eigenvalue weighted by Gasteiger charge is 2.50. The zero-order valence-electron chi connectivity index (χ0n) is 12.0. The van der Waals surface area contributed by atoms with Crippen molar-refractivity contribution in [2.24, 2.45) is 5.41 Å². The largest absolute Gasteiger partial charge is 0.465 e. The summed E-state index contributed by atoms with van der Waals surface area (Å²) in [4.78, 5) is 24.6. The van der Waals surface area contributed by atoms with Crippen LogP contribution in [-0.4, -0.2) is 25.2 Å². The Morgan fingerprint density at radius 3 is 2.15 bits per heavy atom. The number of rotatable bonds is 4. The van der Waals surface area contributed by atoms with Gasteiger partial charge in [-0.15, -0.1) is 0 Å². The highest BCUT2D eigenvalue weighted by molar-refractivity contribution is 6.00. The topological polar surface area (TPSA) is 52.6 Å². The highest BCUT2D eigenvalue weighted by Crippen LogP contribution is 2.38. The number of ether oxygens (including phenoxy) is 2. The molecule has 1 aliphatic carbocycles. The molecule has 2 rings (SSSR count). The molecule has 0 bridgehead atoms. The number of benzene rings is 1. The molecular formula is C16H20O4. The second-order valence-corrected chi connectivity index (χ2v) is 4.97. The molecule has 0 N–H and O–H groups in total. The van der Waals surface area contributed by atoms with Gasteiger partial charge in [-0.2, -0.15) is 0 Å². The Balaban J connectivity index is 2.35. The summed E-state index contributed by atoms with van der Waals surface area (Å²) in [7, 11) is 0. The number of carbonyl (C=O) groups is 2. The van der Waals surface area contributed by atoms with Crippen molar-refractivity contribution in [1.82, 2.24) is 0 Å². The molecule has 1 aliphatic rings. The lowest BCUT2D eigenvalue weighted by Gasteiger charge is -2.33. The molecule has 0 spiro atoms. The first-order valence-electron chi connectivity index (χ1n) is 7.05. The first kappa shape index (κ1) is 14.6. The predicted molar refractivity (Wildman–Crippen MR) is 74.2 cm³/mol. The summed E-state index contributed by atoms with van der Waals surface area (Å²) in [6.45, 7) is 4.02. The lowest BCUT2D eigenvalue weighted by molar-refractivity contribution is -0.173. The van der Waals surface area contributed by atoms with Gasteiger partial charge in [0, 0.05) is 0 Å². The standard InChI is InChI=1S/C16H20O4/c1-3-19-14(17)16(15(18)20-4-2)10-9-12-7-5-6-8-13(12)11-16/h5-8H,3-4,9-11H2,1-2H3. The van der Waals surface area contributed by atoms with E-state index in [2.05, 4.69) is 0 Å². The number of carbonyl (C=O) groups excluding carboxylic acids is 2. The van der Waals surface area contributed by atoms with Crippen LogP contribution in [0.1, 0.15) is 31.4 Å². The Labute approximate surface area is 119 Å². The minimum atomic E-state index is -1.18. The van der Waals surface area contributed by atoms with Crippen LogP contribution >= 0.6 is 0 Å². The van der Waals surface area contributed by atoms with Crippen LogP contribution in [0.2, 0.25) is 0 Å². The van der Waals surface area contributed by atoms with E-state index in [1.807, 2.05) is 24.3 Å². The zero-order valence-corrected chi connectivity index (χ0v) is 12.0. The van der Waals surface area contributed by atoms with Gasteiger partial charge in [0.2, 0.25) is 0 Å². The number of esters is 2. The van der Waals surface area contributed by atoms with Crippen molar-refractivity contribution >= 4 is 11.9 Å². The molecular weight excluding hydrogens is 256 g/mol. The fourth-order valence-electron chi connectivity index (χ4n) is 2.71. The van der Waals surface area contributed by atoms with Gasteiger partial charge in [-0.25, -0.2) is 0 Å². The van der Waals surface area contributed by atoms with Crippen molar-refractivity contribution < 1.29 is 19.1 Å². The third-order valence-electron chi connectivity index (χ3n) is 3.76. The molecule has 1 aromatic rings. The maximum absolute atomic E-state index is 12.3. The van der Waals surface area contributed by atoms with Crippen LogP contribution in [-0.2, 0) is 31.9 Å². The van der Waals surface area contributed by atoms with Gasteiger partial charge in [-0.05, 0) is 44.2 Å². The van der Waals surface area contributed by atoms with Crippen molar-refractivity contribution in [3.05, 3.63) is 35.4 Å². The van der Waals surface area contributed by atoms with Gasteiger partial charge in [0.15, 0.2) is 5.41 Å². The van der Waals surface area contributed by atoms with Crippen LogP contribution in [0.5, 0.6) is 0 Å². The summed E-state index contributed by atoms with van der Waals surface area (Å²) in [5, 5.41) is 0. The van der Waals surface area contributed by atoms with E-state index in [-0.39, 0.29) is 13.2 Å². The normalized spacial score (nSPS) is 16.1. The van der Waals surface area contributed by atoms with Crippen LogP contribution < -0.4 is 0 Å². The van der Waals surface area contributed by atoms with E-state index in [1.165, 1.54) is 5.56 Å². The summed E-state index contributed by atoms with van der Waals surface area (Å²) >= 11 is 0. The van der Waals surface area contributed by atoms with Crippen LogP contribution in [0, 0.1) is 5.41 Å². The molecule has 4 nitrogen and oxygen atoms in total. The second-order valence-electron chi connectivity index (χ2n) is 4.97. The molecule has 0 saturated heterocycles. The number of hydrogen-bond donors (Lipinski definition) is 0. The minimum Gasteiger partial charge on any atom is -0.465 e. The predicted octanol–water partition coefficient (Wildman–Crippen LogP) is 2.29. The fourth-order valence-corrected chi connectivity index (χ4v) is 2.71. The van der Waals surface area contributed by atoms with Gasteiger partial charge < -0.3 is 9.47 Å². The molecule has 0 unspecified atom stereocenters. The fraction of sp³-hybridized carbons (Fsp3) is 0.500. The average molecular weight is 276 g/mol. The molecule has 0 fully saturated rings. The lowest BCUT2D eigenvalue weighted by Crippen LogP contribution is -2.46. The smallest absolute Gasteiger partial charge is 0.323 e. The van der Waals surface area contributed by atoms with Crippen molar-refractivity contribution in [2.75, 3.05) is 13.2 Å². The maximum Gasteiger partial charge on any atom is 0.323 e. The van der Waals surface area contributed by atoms with E-state index in [9.17, 15) is 9.59 Å². The number of hydrogen-bond acceptors (Lipinski definition) is 4. The summed E-state index contributed by atoms with van der Waals surface area (Å²) in [5.74, 6) is -0.930. The first-order chi connectivity index (χ1) is 9.64. The zero-order chi connectivity index (χ0) is 14.6. The Kier molecular flexibility index (Phi) is 4.42. The summed E-state index contributed by atoms with van der Waals surface area (Å²) < 4.78 is 10.3. The molecule has 0 aromatic heterocycles. The maximum atomic E-state index is 12.3. The molecule has 0 atom stereocenters. The first-order valence-corrected chi connectivity index (χ1v) is 7.05. The average Bonchev–Trinajstić information content (AvgIpc) is 2.47. The molecule has 0 radical (unpaired) electrons. The molecule has 1 aromatic carbocycles. The Morgan fingerprint density at radius 2 is 1.60 bits per heavy atom. The summed E-state index contributed by atoms with van der Waals surface area (Å²) in [6, 6.07) is 7.89. The van der Waals surface area contributed by atoms with Gasteiger partial charge in [-0.1, -0.05) is 24.3 Å². The lowest BCUT2D eigenvalue weighted by atomic mass is 9.71. The third-order valence-corrected chi connectivity index (χ3v) is 3.76. The quantitative estimate of drug-likeness (QED) is 0.625. The molecule has 0 saturated carbocycles. The second kappa shape index (κ2) is 6.07. The SMILES string of the molecule is CCOC(=O)C1(C(=O)OCC)CCc2ccccc2C1. The van der Waals surface area contributed by atoms with E-state index in [4.69, 9.17) is 9.47 Å². The van der Waals surface area contributed by atoms with Crippen molar-refractivity contribution in [2.45, 2.75) is 33.1 Å². The van der Waals surface area contributed by atoms with E-state index < -0.39 is 17.4 Å². The van der Waals surface area contributed by atoms with Gasteiger partial charge in [0.05, 0.1) is 13.2 Å². The van der Waals surface area contributed by atoms with Gasteiger partial charge in [-0.3, -0.25) is 9.59 Å². The Morgan fingerprint density at radius 1 is 1.05 bits per heavy atom. The van der Waals surface area contributed by atoms with E-state index >= 15 is 0 Å². The van der Waals surface area contributed by atoms with Crippen LogP contribution in [0.3, 0.4) is 0 Å². The van der Waals surface area contributed by atoms with Crippen molar-refractivity contribution in [1.29, 1.82) is 0 Å². The number of aryl methyl sites for hydroxylation is 1.